The minimum atomic E-state index is -0.800. The molecule has 0 saturated carbocycles. The molecule has 1 rings (SSSR count). The van der Waals surface area contributed by atoms with E-state index in [1.54, 1.807) is 10.1 Å². The second-order valence-corrected chi connectivity index (χ2v) is 2.74. The van der Waals surface area contributed by atoms with Crippen molar-refractivity contribution in [3.05, 3.63) is 16.6 Å². The van der Waals surface area contributed by atoms with Crippen molar-refractivity contribution in [2.24, 2.45) is 0 Å². The van der Waals surface area contributed by atoms with Gasteiger partial charge in [0.1, 0.15) is 0 Å². The molecule has 1 aromatic heterocycles. The first-order chi connectivity index (χ1) is 4.70. The molecule has 0 spiro atoms. The molecule has 0 fully saturated rings. The number of aliphatic carboxylic acids is 1. The summed E-state index contributed by atoms with van der Waals surface area (Å²) in [6.07, 6.45) is 0. The molecule has 0 atom stereocenters. The zero-order chi connectivity index (χ0) is 7.56. The average Bonchev–Trinajstić information content (AvgIpc) is 2.15. The van der Waals surface area contributed by atoms with Crippen LogP contribution in [0.15, 0.2) is 10.9 Å². The summed E-state index contributed by atoms with van der Waals surface area (Å²) in [6.45, 7) is 1.95. The quantitative estimate of drug-likeness (QED) is 0.427. The largest absolute Gasteiger partial charge is 1.00 e. The van der Waals surface area contributed by atoms with Crippen molar-refractivity contribution in [1.82, 2.24) is 0 Å². The van der Waals surface area contributed by atoms with E-state index in [0.29, 0.717) is 0 Å². The third-order valence-corrected chi connectivity index (χ3v) is 2.04. The molecule has 0 amide bonds. The number of rotatable bonds is 2. The van der Waals surface area contributed by atoms with Crippen LogP contribution in [0.3, 0.4) is 0 Å². The van der Waals surface area contributed by atoms with Crippen molar-refractivity contribution in [2.75, 3.05) is 0 Å². The van der Waals surface area contributed by atoms with Crippen LogP contribution in [-0.4, -0.2) is 11.1 Å². The first kappa shape index (κ1) is 15.1. The van der Waals surface area contributed by atoms with Crippen molar-refractivity contribution in [2.45, 2.75) is 13.5 Å². The number of hydrogen-bond donors (Lipinski definition) is 1. The number of nitrogens with zero attached hydrogens (tertiary/aromatic N) is 1. The Labute approximate surface area is 109 Å². The molecule has 0 aliphatic rings. The summed E-state index contributed by atoms with van der Waals surface area (Å²) >= 11 is 1.51. The predicted molar refractivity (Wildman–Crippen MR) is 38.0 cm³/mol. The fraction of sp³-hybridized carbons (Fsp3) is 0.333. The monoisotopic (exact) mass is 261 g/mol. The Bertz CT molecular complexity index is 259. The molecule has 1 aromatic rings. The molecule has 0 aliphatic heterocycles. The van der Waals surface area contributed by atoms with Gasteiger partial charge >= 0.3 is 35.5 Å². The maximum Gasteiger partial charge on any atom is 1.00 e. The number of carboxylic acids is 1. The molecule has 0 aliphatic carbocycles. The summed E-state index contributed by atoms with van der Waals surface area (Å²) in [5, 5.41) is 10.3. The number of carboxylic acid groups (broad SMARTS) is 1. The van der Waals surface area contributed by atoms with E-state index in [1.807, 2.05) is 12.3 Å². The Morgan fingerprint density at radius 3 is 2.75 bits per heavy atom. The molecule has 0 aromatic carbocycles. The zero-order valence-corrected chi connectivity index (χ0v) is 11.4. The Morgan fingerprint density at radius 2 is 2.42 bits per heavy atom. The third-order valence-electron chi connectivity index (χ3n) is 1.19. The van der Waals surface area contributed by atoms with Crippen LogP contribution in [0.25, 0.3) is 0 Å². The predicted octanol–water partition coefficient (Wildman–Crippen LogP) is -5.45. The van der Waals surface area contributed by atoms with Crippen molar-refractivity contribution in [1.29, 1.82) is 0 Å². The topological polar surface area (TPSA) is 41.2 Å². The number of aromatic nitrogens is 1. The van der Waals surface area contributed by atoms with Gasteiger partial charge in [-0.3, -0.25) is 0 Å². The second-order valence-electron chi connectivity index (χ2n) is 2.02. The van der Waals surface area contributed by atoms with E-state index in [2.05, 4.69) is 0 Å². The standard InChI is InChI=1S/C6H7NO2S.BrH.Na.H/c1-5-3-10-4-7(5)2-6(8)9;;;/h3-4H,2H2,1H3;1H;;/q;;+1;-1. The SMILES string of the molecule is Cc1csc[n+]1CC(=O)O.[Br-].[H-].[Na+]. The van der Waals surface area contributed by atoms with E-state index in [1.165, 1.54) is 11.3 Å². The maximum absolute atomic E-state index is 10.2. The molecule has 64 valence electrons. The molecule has 6 heteroatoms. The van der Waals surface area contributed by atoms with E-state index in [4.69, 9.17) is 5.11 Å². The van der Waals surface area contributed by atoms with Gasteiger partial charge in [0.15, 0.2) is 5.69 Å². The van der Waals surface area contributed by atoms with Gasteiger partial charge in [0.2, 0.25) is 12.1 Å². The van der Waals surface area contributed by atoms with Crippen LogP contribution in [0.1, 0.15) is 7.12 Å². The molecular formula is C6H9BrNNaO2S. The van der Waals surface area contributed by atoms with Crippen LogP contribution in [0.2, 0.25) is 0 Å². The molecule has 12 heavy (non-hydrogen) atoms. The van der Waals surface area contributed by atoms with Crippen LogP contribution in [0.5, 0.6) is 0 Å². The van der Waals surface area contributed by atoms with E-state index in [0.717, 1.165) is 5.69 Å². The number of aryl methyl sites for hydroxylation is 1. The van der Waals surface area contributed by atoms with E-state index < -0.39 is 5.97 Å². The summed E-state index contributed by atoms with van der Waals surface area (Å²) in [4.78, 5) is 10.2. The van der Waals surface area contributed by atoms with Gasteiger partial charge in [0.05, 0.1) is 5.38 Å². The summed E-state index contributed by atoms with van der Waals surface area (Å²) < 4.78 is 1.70. The van der Waals surface area contributed by atoms with Crippen molar-refractivity contribution < 1.29 is 62.4 Å². The van der Waals surface area contributed by atoms with E-state index in [-0.39, 0.29) is 54.5 Å². The van der Waals surface area contributed by atoms with Gasteiger partial charge in [-0.2, -0.15) is 4.57 Å². The smallest absolute Gasteiger partial charge is 1.00 e. The summed E-state index contributed by atoms with van der Waals surface area (Å²) in [7, 11) is 0. The second kappa shape index (κ2) is 7.03. The van der Waals surface area contributed by atoms with Crippen molar-refractivity contribution in [3.63, 3.8) is 0 Å². The van der Waals surface area contributed by atoms with E-state index in [9.17, 15) is 4.79 Å². The van der Waals surface area contributed by atoms with Crippen molar-refractivity contribution in [3.8, 4) is 0 Å². The van der Waals surface area contributed by atoms with Crippen LogP contribution in [0, 0.1) is 6.92 Å². The summed E-state index contributed by atoms with van der Waals surface area (Å²) in [6, 6.07) is 0. The minimum absolute atomic E-state index is 0. The molecule has 0 unspecified atom stereocenters. The van der Waals surface area contributed by atoms with Gasteiger partial charge < -0.3 is 23.5 Å². The maximum atomic E-state index is 10.2. The Hall–Kier alpha value is 0.580. The Balaban J connectivity index is -0.000000333. The number of carbonyl (C=O) groups is 1. The Kier molecular flexibility index (Phi) is 8.83. The fourth-order valence-corrected chi connectivity index (χ4v) is 1.44. The van der Waals surface area contributed by atoms with Gasteiger partial charge in [-0.15, -0.1) is 0 Å². The van der Waals surface area contributed by atoms with E-state index >= 15 is 0 Å². The summed E-state index contributed by atoms with van der Waals surface area (Å²) in [5.41, 5.74) is 2.79. The molecule has 1 N–H and O–H groups in total. The van der Waals surface area contributed by atoms with Gasteiger partial charge in [0.25, 0.3) is 0 Å². The molecule has 3 nitrogen and oxygen atoms in total. The average molecular weight is 262 g/mol. The zero-order valence-electron chi connectivity index (χ0n) is 7.95. The van der Waals surface area contributed by atoms with Gasteiger partial charge in [-0.25, -0.2) is 4.79 Å². The number of hydrogen-bond acceptors (Lipinski definition) is 2. The first-order valence-corrected chi connectivity index (χ1v) is 3.78. The number of thiazole rings is 1. The van der Waals surface area contributed by atoms with Crippen LogP contribution in [-0.2, 0) is 11.3 Å². The van der Waals surface area contributed by atoms with Crippen LogP contribution < -0.4 is 51.1 Å². The third kappa shape index (κ3) is 4.57. The first-order valence-electron chi connectivity index (χ1n) is 2.84. The fourth-order valence-electron chi connectivity index (χ4n) is 0.661. The minimum Gasteiger partial charge on any atom is -1.00 e. The molecule has 0 radical (unpaired) electrons. The molecule has 0 saturated heterocycles. The van der Waals surface area contributed by atoms with Crippen molar-refractivity contribution >= 4 is 17.3 Å². The molecule has 0 bridgehead atoms. The number of halogens is 1. The normalized spacial score (nSPS) is 8.08. The molecule has 1 heterocycles. The Morgan fingerprint density at radius 1 is 1.83 bits per heavy atom. The van der Waals surface area contributed by atoms with Gasteiger partial charge in [0, 0.05) is 6.92 Å². The molecular weight excluding hydrogens is 253 g/mol. The van der Waals surface area contributed by atoms with Gasteiger partial charge in [-0.05, 0) is 0 Å². The summed E-state index contributed by atoms with van der Waals surface area (Å²) in [5.74, 6) is -0.800. The van der Waals surface area contributed by atoms with Crippen LogP contribution >= 0.6 is 11.3 Å². The van der Waals surface area contributed by atoms with Crippen LogP contribution in [0.4, 0.5) is 0 Å². The van der Waals surface area contributed by atoms with Gasteiger partial charge in [-0.1, -0.05) is 11.3 Å².